The van der Waals surface area contributed by atoms with Gasteiger partial charge in [0.1, 0.15) is 0 Å². The fourth-order valence-electron chi connectivity index (χ4n) is 0.987. The zero-order valence-electron chi connectivity index (χ0n) is 8.42. The average molecular weight is 211 g/mol. The Hall–Kier alpha value is -1.38. The third-order valence-electron chi connectivity index (χ3n) is 1.81. The molecule has 0 aromatic rings. The Kier molecular flexibility index (Phi) is 11.5. The highest BCUT2D eigenvalue weighted by Gasteiger charge is 1.96. The molecule has 3 nitrogen and oxygen atoms in total. The molecule has 15 heavy (non-hydrogen) atoms. The number of carbonyl (C=O) groups excluding carboxylic acids is 2. The van der Waals surface area contributed by atoms with Gasteiger partial charge in [-0.1, -0.05) is 27.0 Å². The number of rotatable bonds is 8. The van der Waals surface area contributed by atoms with Crippen LogP contribution in [0.4, 0.5) is 0 Å². The van der Waals surface area contributed by atoms with E-state index >= 15 is 0 Å². The van der Waals surface area contributed by atoms with Crippen molar-refractivity contribution in [2.45, 2.75) is 33.1 Å². The molecular formula is C12H21NO2. The molecule has 1 N–H and O–H groups in total. The van der Waals surface area contributed by atoms with E-state index in [4.69, 9.17) is 0 Å². The van der Waals surface area contributed by atoms with Crippen molar-refractivity contribution in [3.05, 3.63) is 25.3 Å². The highest BCUT2D eigenvalue weighted by Crippen LogP contribution is 1.99. The van der Waals surface area contributed by atoms with Crippen LogP contribution >= 0.6 is 0 Å². The number of amides is 1. The zero-order chi connectivity index (χ0) is 10.8. The number of unbranched alkanes of at least 4 members (excludes halogenated alkanes) is 2. The molecule has 0 aromatic heterocycles. The Morgan fingerprint density at radius 1 is 1.07 bits per heavy atom. The molecule has 0 radical (unpaired) electrons. The number of hydrogen-bond donors (Lipinski definition) is 1. The van der Waals surface area contributed by atoms with Crippen LogP contribution in [0.15, 0.2) is 25.3 Å². The molecule has 1 amide bonds. The predicted octanol–water partition coefficient (Wildman–Crippen LogP) is 2.24. The molecule has 0 aromatic carbocycles. The van der Waals surface area contributed by atoms with Gasteiger partial charge in [-0.2, -0.15) is 0 Å². The summed E-state index contributed by atoms with van der Waals surface area (Å²) < 4.78 is 0. The van der Waals surface area contributed by atoms with E-state index in [0.29, 0.717) is 13.0 Å². The molecule has 0 atom stereocenters. The maximum Gasteiger partial charge on any atom is 0.243 e. The van der Waals surface area contributed by atoms with E-state index < -0.39 is 0 Å². The minimum atomic E-state index is -0.146. The van der Waals surface area contributed by atoms with E-state index in [1.807, 2.05) is 0 Å². The van der Waals surface area contributed by atoms with Gasteiger partial charge < -0.3 is 5.32 Å². The van der Waals surface area contributed by atoms with E-state index in [1.54, 1.807) is 0 Å². The van der Waals surface area contributed by atoms with E-state index in [1.165, 1.54) is 12.2 Å². The van der Waals surface area contributed by atoms with E-state index in [0.717, 1.165) is 19.3 Å². The Bertz CT molecular complexity index is 198. The van der Waals surface area contributed by atoms with Gasteiger partial charge in [0.25, 0.3) is 0 Å². The Morgan fingerprint density at radius 2 is 1.73 bits per heavy atom. The van der Waals surface area contributed by atoms with Crippen LogP contribution in [0.2, 0.25) is 0 Å². The molecule has 0 spiro atoms. The summed E-state index contributed by atoms with van der Waals surface area (Å²) in [5.41, 5.74) is 0. The van der Waals surface area contributed by atoms with Gasteiger partial charge in [-0.25, -0.2) is 0 Å². The van der Waals surface area contributed by atoms with Gasteiger partial charge in [0, 0.05) is 13.0 Å². The quantitative estimate of drug-likeness (QED) is 0.494. The van der Waals surface area contributed by atoms with Gasteiger partial charge in [0.2, 0.25) is 5.91 Å². The summed E-state index contributed by atoms with van der Waals surface area (Å²) in [6.45, 7) is 7.38. The highest BCUT2D eigenvalue weighted by molar-refractivity contribution is 5.88. The second-order valence-electron chi connectivity index (χ2n) is 2.98. The van der Waals surface area contributed by atoms with Crippen LogP contribution < -0.4 is 5.32 Å². The average Bonchev–Trinajstić information content (AvgIpc) is 2.22. The molecule has 0 saturated heterocycles. The van der Waals surface area contributed by atoms with Gasteiger partial charge in [0.15, 0.2) is 5.78 Å². The lowest BCUT2D eigenvalue weighted by Crippen LogP contribution is -2.21. The van der Waals surface area contributed by atoms with Crippen molar-refractivity contribution in [3.8, 4) is 0 Å². The first-order valence-electron chi connectivity index (χ1n) is 4.76. The van der Waals surface area contributed by atoms with Gasteiger partial charge >= 0.3 is 0 Å². The first kappa shape index (κ1) is 16.1. The fourth-order valence-corrected chi connectivity index (χ4v) is 0.987. The van der Waals surface area contributed by atoms with Crippen molar-refractivity contribution in [2.75, 3.05) is 6.54 Å². The van der Waals surface area contributed by atoms with Crippen molar-refractivity contribution in [2.24, 2.45) is 0 Å². The second kappa shape index (κ2) is 10.7. The smallest absolute Gasteiger partial charge is 0.243 e. The van der Waals surface area contributed by atoms with Gasteiger partial charge in [-0.3, -0.25) is 9.59 Å². The van der Waals surface area contributed by atoms with E-state index in [2.05, 4.69) is 18.5 Å². The maximum absolute atomic E-state index is 10.8. The van der Waals surface area contributed by atoms with Crippen molar-refractivity contribution in [1.82, 2.24) is 5.32 Å². The SMILES string of the molecule is C.C=CC(=O)CCCCCNC(=O)C=C. The van der Waals surface area contributed by atoms with E-state index in [9.17, 15) is 9.59 Å². The second-order valence-corrected chi connectivity index (χ2v) is 2.98. The lowest BCUT2D eigenvalue weighted by atomic mass is 10.1. The molecule has 0 rings (SSSR count). The van der Waals surface area contributed by atoms with Crippen molar-refractivity contribution in [3.63, 3.8) is 0 Å². The molecule has 86 valence electrons. The number of allylic oxidation sites excluding steroid dienone is 1. The van der Waals surface area contributed by atoms with Crippen LogP contribution in [-0.2, 0) is 9.59 Å². The first-order valence-corrected chi connectivity index (χ1v) is 4.76. The van der Waals surface area contributed by atoms with Crippen LogP contribution in [0.3, 0.4) is 0 Å². The topological polar surface area (TPSA) is 46.2 Å². The Balaban J connectivity index is 0. The van der Waals surface area contributed by atoms with Crippen LogP contribution in [0.1, 0.15) is 33.1 Å². The van der Waals surface area contributed by atoms with Crippen LogP contribution in [0, 0.1) is 0 Å². The lowest BCUT2D eigenvalue weighted by Gasteiger charge is -2.01. The first-order chi connectivity index (χ1) is 6.70. The zero-order valence-corrected chi connectivity index (χ0v) is 8.42. The summed E-state index contributed by atoms with van der Waals surface area (Å²) in [5, 5.41) is 2.67. The molecule has 0 aliphatic carbocycles. The molecule has 0 aliphatic rings. The number of hydrogen-bond acceptors (Lipinski definition) is 2. The molecular weight excluding hydrogens is 190 g/mol. The van der Waals surface area contributed by atoms with Gasteiger partial charge in [-0.15, -0.1) is 0 Å². The maximum atomic E-state index is 10.8. The summed E-state index contributed by atoms with van der Waals surface area (Å²) in [4.78, 5) is 21.5. The molecule has 0 aliphatic heterocycles. The number of nitrogens with one attached hydrogen (secondary N) is 1. The van der Waals surface area contributed by atoms with Crippen molar-refractivity contribution in [1.29, 1.82) is 0 Å². The Labute approximate surface area is 92.3 Å². The molecule has 0 bridgehead atoms. The van der Waals surface area contributed by atoms with Crippen LogP contribution in [0.25, 0.3) is 0 Å². The van der Waals surface area contributed by atoms with Crippen molar-refractivity contribution < 1.29 is 9.59 Å². The fraction of sp³-hybridized carbons (Fsp3) is 0.500. The minimum Gasteiger partial charge on any atom is -0.353 e. The third-order valence-corrected chi connectivity index (χ3v) is 1.81. The normalized spacial score (nSPS) is 8.53. The minimum absolute atomic E-state index is 0. The lowest BCUT2D eigenvalue weighted by molar-refractivity contribution is -0.116. The Morgan fingerprint density at radius 3 is 2.27 bits per heavy atom. The number of ketones is 1. The molecule has 0 saturated carbocycles. The molecule has 0 unspecified atom stereocenters. The molecule has 0 fully saturated rings. The van der Waals surface area contributed by atoms with Crippen LogP contribution in [0.5, 0.6) is 0 Å². The summed E-state index contributed by atoms with van der Waals surface area (Å²) >= 11 is 0. The highest BCUT2D eigenvalue weighted by atomic mass is 16.1. The summed E-state index contributed by atoms with van der Waals surface area (Å²) in [5.74, 6) is -0.0627. The number of carbonyl (C=O) groups is 2. The molecule has 0 heterocycles. The van der Waals surface area contributed by atoms with E-state index in [-0.39, 0.29) is 19.1 Å². The van der Waals surface area contributed by atoms with Gasteiger partial charge in [-0.05, 0) is 25.0 Å². The third kappa shape index (κ3) is 10.5. The summed E-state index contributed by atoms with van der Waals surface area (Å²) in [6.07, 6.45) is 5.84. The van der Waals surface area contributed by atoms with Crippen LogP contribution in [-0.4, -0.2) is 18.2 Å². The molecule has 3 heteroatoms. The predicted molar refractivity (Wildman–Crippen MR) is 63.6 cm³/mol. The largest absolute Gasteiger partial charge is 0.353 e. The summed E-state index contributed by atoms with van der Waals surface area (Å²) in [7, 11) is 0. The standard InChI is InChI=1S/C11H17NO2.CH4/c1-3-10(13)8-6-5-7-9-12-11(14)4-2;/h3-4H,1-2,5-9H2,(H,12,14);1H4. The van der Waals surface area contributed by atoms with Crippen molar-refractivity contribution >= 4 is 11.7 Å². The summed E-state index contributed by atoms with van der Waals surface area (Å²) in [6, 6.07) is 0. The monoisotopic (exact) mass is 211 g/mol. The van der Waals surface area contributed by atoms with Gasteiger partial charge in [0.05, 0.1) is 0 Å².